The molecule has 28 heavy (non-hydrogen) atoms. The van der Waals surface area contributed by atoms with E-state index in [2.05, 4.69) is 15.2 Å². The summed E-state index contributed by atoms with van der Waals surface area (Å²) in [6.07, 6.45) is 0.641. The fourth-order valence-electron chi connectivity index (χ4n) is 2.95. The zero-order chi connectivity index (χ0) is 20.5. The first-order chi connectivity index (χ1) is 13.5. The van der Waals surface area contributed by atoms with Crippen LogP contribution in [0.15, 0.2) is 23.2 Å². The van der Waals surface area contributed by atoms with Gasteiger partial charge in [-0.05, 0) is 31.9 Å². The summed E-state index contributed by atoms with van der Waals surface area (Å²) in [6, 6.07) is 5.10. The van der Waals surface area contributed by atoms with Gasteiger partial charge in [0.2, 0.25) is 0 Å². The average molecular weight is 432 g/mol. The second kappa shape index (κ2) is 11.3. The number of hydrogen-bond donors (Lipinski definition) is 2. The molecule has 0 amide bonds. The number of carbonyl (C=O) groups excluding carboxylic acids is 1. The fourth-order valence-corrected chi connectivity index (χ4v) is 3.29. The van der Waals surface area contributed by atoms with Gasteiger partial charge in [-0.3, -0.25) is 9.79 Å². The summed E-state index contributed by atoms with van der Waals surface area (Å²) in [7, 11) is 1.42. The van der Waals surface area contributed by atoms with Crippen molar-refractivity contribution >= 4 is 35.1 Å². The molecule has 1 atom stereocenters. The minimum atomic E-state index is -0.795. The van der Waals surface area contributed by atoms with Crippen molar-refractivity contribution in [3.05, 3.63) is 28.2 Å². The van der Waals surface area contributed by atoms with Gasteiger partial charge in [-0.15, -0.1) is 0 Å². The van der Waals surface area contributed by atoms with E-state index in [0.29, 0.717) is 41.4 Å². The predicted molar refractivity (Wildman–Crippen MR) is 110 cm³/mol. The number of nitrogens with zero attached hydrogens (tertiary/aromatic N) is 2. The molecular formula is C19H27Cl2N3O4. The van der Waals surface area contributed by atoms with E-state index in [1.54, 1.807) is 18.2 Å². The van der Waals surface area contributed by atoms with Crippen molar-refractivity contribution in [1.29, 1.82) is 0 Å². The van der Waals surface area contributed by atoms with Gasteiger partial charge >= 0.3 is 5.97 Å². The highest BCUT2D eigenvalue weighted by molar-refractivity contribution is 6.42. The Kier molecular flexibility index (Phi) is 9.15. The molecule has 2 rings (SSSR count). The smallest absolute Gasteiger partial charge is 0.308 e. The van der Waals surface area contributed by atoms with Gasteiger partial charge in [-0.1, -0.05) is 29.3 Å². The number of methoxy groups -OCH3 is 1. The second-order valence-corrected chi connectivity index (χ2v) is 7.28. The van der Waals surface area contributed by atoms with Crippen molar-refractivity contribution in [3.63, 3.8) is 0 Å². The highest BCUT2D eigenvalue weighted by atomic mass is 35.5. The van der Waals surface area contributed by atoms with Gasteiger partial charge < -0.3 is 24.8 Å². The Morgan fingerprint density at radius 1 is 1.39 bits per heavy atom. The number of esters is 1. The summed E-state index contributed by atoms with van der Waals surface area (Å²) in [5.41, 5.74) is 0. The number of piperidine rings is 1. The molecule has 1 aromatic rings. The number of benzene rings is 1. The minimum absolute atomic E-state index is 0.0490. The van der Waals surface area contributed by atoms with Crippen LogP contribution in [0.25, 0.3) is 0 Å². The van der Waals surface area contributed by atoms with Crippen molar-refractivity contribution in [1.82, 2.24) is 10.2 Å². The number of aliphatic imine (C=N–C) groups is 1. The lowest BCUT2D eigenvalue weighted by atomic mass is 9.97. The van der Waals surface area contributed by atoms with Crippen LogP contribution in [-0.4, -0.2) is 67.9 Å². The van der Waals surface area contributed by atoms with Crippen LogP contribution in [0, 0.1) is 5.92 Å². The Hall–Kier alpha value is -1.70. The molecule has 0 spiro atoms. The molecule has 7 nitrogen and oxygen atoms in total. The molecule has 0 aliphatic carbocycles. The molecule has 9 heteroatoms. The summed E-state index contributed by atoms with van der Waals surface area (Å²) in [6.45, 7) is 4.33. The van der Waals surface area contributed by atoms with Crippen LogP contribution in [0.3, 0.4) is 0 Å². The normalized spacial score (nSPS) is 16.6. The zero-order valence-corrected chi connectivity index (χ0v) is 17.7. The number of rotatable bonds is 7. The summed E-state index contributed by atoms with van der Waals surface area (Å²) in [5.74, 6) is 0.916. The number of aliphatic hydroxyl groups excluding tert-OH is 1. The monoisotopic (exact) mass is 431 g/mol. The molecule has 1 unspecified atom stereocenters. The average Bonchev–Trinajstić information content (AvgIpc) is 2.71. The predicted octanol–water partition coefficient (Wildman–Crippen LogP) is 2.58. The third-order valence-electron chi connectivity index (χ3n) is 4.46. The number of carbonyl (C=O) groups is 1. The molecule has 156 valence electrons. The number of nitrogens with one attached hydrogen (secondary N) is 1. The number of ether oxygens (including phenoxy) is 2. The second-order valence-electron chi connectivity index (χ2n) is 6.50. The van der Waals surface area contributed by atoms with Crippen LogP contribution >= 0.6 is 23.2 Å². The summed E-state index contributed by atoms with van der Waals surface area (Å²) < 4.78 is 10.4. The van der Waals surface area contributed by atoms with Crippen LogP contribution < -0.4 is 10.1 Å². The van der Waals surface area contributed by atoms with E-state index in [-0.39, 0.29) is 25.0 Å². The van der Waals surface area contributed by atoms with Gasteiger partial charge in [0.1, 0.15) is 23.5 Å². The van der Waals surface area contributed by atoms with Crippen molar-refractivity contribution in [2.75, 3.05) is 39.9 Å². The Balaban J connectivity index is 1.87. The quantitative estimate of drug-likeness (QED) is 0.392. The lowest BCUT2D eigenvalue weighted by molar-refractivity contribution is -0.146. The lowest BCUT2D eigenvalue weighted by Crippen LogP contribution is -2.47. The van der Waals surface area contributed by atoms with Gasteiger partial charge in [0, 0.05) is 19.6 Å². The summed E-state index contributed by atoms with van der Waals surface area (Å²) >= 11 is 12.0. The van der Waals surface area contributed by atoms with E-state index in [4.69, 9.17) is 32.7 Å². The third-order valence-corrected chi connectivity index (χ3v) is 5.26. The zero-order valence-electron chi connectivity index (χ0n) is 16.2. The van der Waals surface area contributed by atoms with Crippen LogP contribution in [0.5, 0.6) is 5.75 Å². The Morgan fingerprint density at radius 3 is 2.75 bits per heavy atom. The SMILES string of the molecule is CCNC(=NCC(O)COc1cccc(Cl)c1Cl)N1CCC(C(=O)OC)CC1. The number of hydrogen-bond acceptors (Lipinski definition) is 5. The van der Waals surface area contributed by atoms with E-state index in [1.807, 2.05) is 6.92 Å². The number of likely N-dealkylation sites (tertiary alicyclic amines) is 1. The molecule has 1 heterocycles. The van der Waals surface area contributed by atoms with Crippen molar-refractivity contribution in [3.8, 4) is 5.75 Å². The van der Waals surface area contributed by atoms with Crippen LogP contribution in [0.2, 0.25) is 10.0 Å². The van der Waals surface area contributed by atoms with Crippen molar-refractivity contribution < 1.29 is 19.4 Å². The highest BCUT2D eigenvalue weighted by Crippen LogP contribution is 2.31. The first-order valence-electron chi connectivity index (χ1n) is 9.32. The molecule has 1 fully saturated rings. The molecule has 1 aromatic carbocycles. The molecule has 2 N–H and O–H groups in total. The Labute approximate surface area is 175 Å². The van der Waals surface area contributed by atoms with E-state index in [1.165, 1.54) is 7.11 Å². The fraction of sp³-hybridized carbons (Fsp3) is 0.579. The first-order valence-corrected chi connectivity index (χ1v) is 10.1. The number of guanidine groups is 1. The van der Waals surface area contributed by atoms with Gasteiger partial charge in [0.15, 0.2) is 5.96 Å². The molecule has 1 saturated heterocycles. The standard InChI is InChI=1S/C19H27Cl2N3O4/c1-3-22-19(24-9-7-13(8-10-24)18(26)27-2)23-11-14(25)12-28-16-6-4-5-15(20)17(16)21/h4-6,13-14,25H,3,7-12H2,1-2H3,(H,22,23). The van der Waals surface area contributed by atoms with Gasteiger partial charge in [0.25, 0.3) is 0 Å². The Morgan fingerprint density at radius 2 is 2.11 bits per heavy atom. The molecule has 1 aliphatic heterocycles. The summed E-state index contributed by atoms with van der Waals surface area (Å²) in [5, 5.41) is 14.2. The molecular weight excluding hydrogens is 405 g/mol. The van der Waals surface area contributed by atoms with Crippen molar-refractivity contribution in [2.45, 2.75) is 25.9 Å². The van der Waals surface area contributed by atoms with E-state index < -0.39 is 6.10 Å². The van der Waals surface area contributed by atoms with E-state index in [0.717, 1.165) is 12.8 Å². The topological polar surface area (TPSA) is 83.4 Å². The first kappa shape index (κ1) is 22.6. The molecule has 0 aromatic heterocycles. The van der Waals surface area contributed by atoms with Crippen LogP contribution in [0.4, 0.5) is 0 Å². The maximum absolute atomic E-state index is 11.7. The molecule has 0 radical (unpaired) electrons. The Bertz CT molecular complexity index is 679. The maximum atomic E-state index is 11.7. The van der Waals surface area contributed by atoms with Crippen LogP contribution in [0.1, 0.15) is 19.8 Å². The summed E-state index contributed by atoms with van der Waals surface area (Å²) in [4.78, 5) is 18.3. The van der Waals surface area contributed by atoms with Gasteiger partial charge in [0.05, 0.1) is 24.6 Å². The maximum Gasteiger partial charge on any atom is 0.308 e. The van der Waals surface area contributed by atoms with Gasteiger partial charge in [-0.2, -0.15) is 0 Å². The third kappa shape index (κ3) is 6.43. The van der Waals surface area contributed by atoms with Crippen molar-refractivity contribution in [2.24, 2.45) is 10.9 Å². The minimum Gasteiger partial charge on any atom is -0.489 e. The van der Waals surface area contributed by atoms with E-state index in [9.17, 15) is 9.90 Å². The largest absolute Gasteiger partial charge is 0.489 e. The van der Waals surface area contributed by atoms with Gasteiger partial charge in [-0.25, -0.2) is 0 Å². The lowest BCUT2D eigenvalue weighted by Gasteiger charge is -2.33. The molecule has 0 bridgehead atoms. The van der Waals surface area contributed by atoms with E-state index >= 15 is 0 Å². The van der Waals surface area contributed by atoms with Crippen LogP contribution in [-0.2, 0) is 9.53 Å². The highest BCUT2D eigenvalue weighted by Gasteiger charge is 2.27. The molecule has 1 aliphatic rings. The number of aliphatic hydroxyl groups is 1. The molecule has 0 saturated carbocycles. The number of halogens is 2.